The minimum Gasteiger partial charge on any atom is -0.352 e. The Morgan fingerprint density at radius 1 is 1.43 bits per heavy atom. The van der Waals surface area contributed by atoms with Gasteiger partial charge >= 0.3 is 0 Å². The zero-order chi connectivity index (χ0) is 16.2. The Kier molecular flexibility index (Phi) is 5.60. The number of amides is 1. The predicted molar refractivity (Wildman–Crippen MR) is 77.2 cm³/mol. The lowest BCUT2D eigenvalue weighted by Crippen LogP contribution is -2.30. The standard InChI is InChI=1S/C13H19FN4O3/c1-7(2)8(3)6-16-13(19)9-4-11(17-15)10(14)5-12(9)18(20)21/h4-5,7-8,17H,6,15H2,1-3H3,(H,16,19). The Balaban J connectivity index is 3.04. The summed E-state index contributed by atoms with van der Waals surface area (Å²) in [6.07, 6.45) is 0. The van der Waals surface area contributed by atoms with Crippen LogP contribution in [0.4, 0.5) is 15.8 Å². The van der Waals surface area contributed by atoms with E-state index < -0.39 is 22.3 Å². The average Bonchev–Trinajstić information content (AvgIpc) is 2.43. The number of nitrogens with one attached hydrogen (secondary N) is 2. The Bertz CT molecular complexity index is 548. The molecule has 0 spiro atoms. The van der Waals surface area contributed by atoms with Gasteiger partial charge in [-0.05, 0) is 17.9 Å². The van der Waals surface area contributed by atoms with Gasteiger partial charge in [-0.1, -0.05) is 20.8 Å². The van der Waals surface area contributed by atoms with Gasteiger partial charge in [-0.3, -0.25) is 20.8 Å². The molecule has 0 aromatic heterocycles. The molecule has 21 heavy (non-hydrogen) atoms. The molecule has 4 N–H and O–H groups in total. The molecule has 1 aromatic carbocycles. The van der Waals surface area contributed by atoms with Crippen molar-refractivity contribution in [3.8, 4) is 0 Å². The van der Waals surface area contributed by atoms with Crippen LogP contribution < -0.4 is 16.6 Å². The molecule has 116 valence electrons. The van der Waals surface area contributed by atoms with E-state index in [1.165, 1.54) is 0 Å². The Labute approximate surface area is 121 Å². The van der Waals surface area contributed by atoms with Crippen molar-refractivity contribution in [3.05, 3.63) is 33.6 Å². The molecule has 8 heteroatoms. The highest BCUT2D eigenvalue weighted by molar-refractivity contribution is 5.99. The highest BCUT2D eigenvalue weighted by atomic mass is 19.1. The summed E-state index contributed by atoms with van der Waals surface area (Å²) in [4.78, 5) is 22.2. The fourth-order valence-electron chi connectivity index (χ4n) is 1.59. The number of carbonyl (C=O) groups excluding carboxylic acids is 1. The van der Waals surface area contributed by atoms with E-state index in [1.54, 1.807) is 0 Å². The number of nitrogen functional groups attached to an aromatic ring is 1. The van der Waals surface area contributed by atoms with Crippen LogP contribution in [-0.4, -0.2) is 17.4 Å². The first-order valence-corrected chi connectivity index (χ1v) is 6.50. The number of halogens is 1. The number of hydrogen-bond donors (Lipinski definition) is 3. The van der Waals surface area contributed by atoms with Gasteiger partial charge in [0.05, 0.1) is 16.7 Å². The summed E-state index contributed by atoms with van der Waals surface area (Å²) < 4.78 is 13.5. The first kappa shape index (κ1) is 16.8. The van der Waals surface area contributed by atoms with Gasteiger partial charge < -0.3 is 10.7 Å². The number of nitro groups is 1. The van der Waals surface area contributed by atoms with Crippen molar-refractivity contribution in [1.29, 1.82) is 0 Å². The minimum atomic E-state index is -0.892. The second-order valence-corrected chi connectivity index (χ2v) is 5.18. The van der Waals surface area contributed by atoms with Crippen LogP contribution in [0, 0.1) is 27.8 Å². The largest absolute Gasteiger partial charge is 0.352 e. The molecular formula is C13H19FN4O3. The lowest BCUT2D eigenvalue weighted by atomic mass is 9.98. The van der Waals surface area contributed by atoms with Gasteiger partial charge in [-0.25, -0.2) is 4.39 Å². The van der Waals surface area contributed by atoms with Crippen molar-refractivity contribution in [2.24, 2.45) is 17.7 Å². The van der Waals surface area contributed by atoms with Crippen molar-refractivity contribution in [1.82, 2.24) is 5.32 Å². The van der Waals surface area contributed by atoms with E-state index in [9.17, 15) is 19.3 Å². The summed E-state index contributed by atoms with van der Waals surface area (Å²) in [7, 11) is 0. The predicted octanol–water partition coefficient (Wildman–Crippen LogP) is 2.04. The third kappa shape index (κ3) is 4.12. The topological polar surface area (TPSA) is 110 Å². The quantitative estimate of drug-likeness (QED) is 0.423. The van der Waals surface area contributed by atoms with E-state index in [0.717, 1.165) is 6.07 Å². The molecule has 0 aliphatic rings. The number of anilines is 1. The number of hydrazine groups is 1. The first-order chi connectivity index (χ1) is 9.77. The molecule has 0 aliphatic carbocycles. The molecule has 1 amide bonds. The Morgan fingerprint density at radius 2 is 2.05 bits per heavy atom. The van der Waals surface area contributed by atoms with Crippen molar-refractivity contribution in [2.45, 2.75) is 20.8 Å². The lowest BCUT2D eigenvalue weighted by Gasteiger charge is -2.16. The van der Waals surface area contributed by atoms with Crippen molar-refractivity contribution in [2.75, 3.05) is 12.0 Å². The SMILES string of the molecule is CC(C)C(C)CNC(=O)c1cc(NN)c(F)cc1[N+](=O)[O-]. The fraction of sp³-hybridized carbons (Fsp3) is 0.462. The van der Waals surface area contributed by atoms with Gasteiger partial charge in [-0.15, -0.1) is 0 Å². The van der Waals surface area contributed by atoms with Crippen LogP contribution in [0.5, 0.6) is 0 Å². The van der Waals surface area contributed by atoms with E-state index in [-0.39, 0.29) is 17.2 Å². The summed E-state index contributed by atoms with van der Waals surface area (Å²) in [6.45, 7) is 6.34. The second kappa shape index (κ2) is 6.98. The van der Waals surface area contributed by atoms with Crippen LogP contribution in [0.15, 0.2) is 12.1 Å². The zero-order valence-electron chi connectivity index (χ0n) is 12.1. The fourth-order valence-corrected chi connectivity index (χ4v) is 1.59. The molecular weight excluding hydrogens is 279 g/mol. The lowest BCUT2D eigenvalue weighted by molar-refractivity contribution is -0.385. The van der Waals surface area contributed by atoms with Gasteiger partial charge in [0, 0.05) is 6.54 Å². The average molecular weight is 298 g/mol. The molecule has 1 atom stereocenters. The van der Waals surface area contributed by atoms with Gasteiger partial charge in [-0.2, -0.15) is 0 Å². The van der Waals surface area contributed by atoms with Gasteiger partial charge in [0.15, 0.2) is 5.82 Å². The van der Waals surface area contributed by atoms with E-state index in [1.807, 2.05) is 20.8 Å². The van der Waals surface area contributed by atoms with Crippen LogP contribution in [0.2, 0.25) is 0 Å². The van der Waals surface area contributed by atoms with Crippen LogP contribution in [0.3, 0.4) is 0 Å². The number of benzene rings is 1. The molecule has 0 saturated carbocycles. The van der Waals surface area contributed by atoms with Gasteiger partial charge in [0.1, 0.15) is 5.56 Å². The summed E-state index contributed by atoms with van der Waals surface area (Å²) in [5.74, 6) is 4.16. The van der Waals surface area contributed by atoms with E-state index >= 15 is 0 Å². The number of nitrogens with zero attached hydrogens (tertiary/aromatic N) is 1. The first-order valence-electron chi connectivity index (χ1n) is 6.50. The van der Waals surface area contributed by atoms with Crippen LogP contribution >= 0.6 is 0 Å². The summed E-state index contributed by atoms with van der Waals surface area (Å²) in [5.41, 5.74) is 1.06. The monoisotopic (exact) mass is 298 g/mol. The third-order valence-corrected chi connectivity index (χ3v) is 3.40. The van der Waals surface area contributed by atoms with Crippen molar-refractivity contribution < 1.29 is 14.1 Å². The van der Waals surface area contributed by atoms with Crippen LogP contribution in [-0.2, 0) is 0 Å². The maximum Gasteiger partial charge on any atom is 0.285 e. The summed E-state index contributed by atoms with van der Waals surface area (Å²) in [6, 6.07) is 1.71. The zero-order valence-corrected chi connectivity index (χ0v) is 12.1. The molecule has 0 fully saturated rings. The van der Waals surface area contributed by atoms with Crippen LogP contribution in [0.25, 0.3) is 0 Å². The van der Waals surface area contributed by atoms with E-state index in [0.29, 0.717) is 18.5 Å². The molecule has 7 nitrogen and oxygen atoms in total. The van der Waals surface area contributed by atoms with Crippen molar-refractivity contribution >= 4 is 17.3 Å². The van der Waals surface area contributed by atoms with E-state index in [2.05, 4.69) is 10.7 Å². The Morgan fingerprint density at radius 3 is 2.52 bits per heavy atom. The van der Waals surface area contributed by atoms with Gasteiger partial charge in [0.2, 0.25) is 0 Å². The van der Waals surface area contributed by atoms with Gasteiger partial charge in [0.25, 0.3) is 11.6 Å². The number of hydrogen-bond acceptors (Lipinski definition) is 5. The summed E-state index contributed by atoms with van der Waals surface area (Å²) in [5, 5.41) is 13.5. The molecule has 1 aromatic rings. The number of nitro benzene ring substituents is 1. The smallest absolute Gasteiger partial charge is 0.285 e. The normalized spacial score (nSPS) is 12.1. The maximum atomic E-state index is 13.5. The van der Waals surface area contributed by atoms with Crippen molar-refractivity contribution in [3.63, 3.8) is 0 Å². The molecule has 1 unspecified atom stereocenters. The number of nitrogens with two attached hydrogens (primary N) is 1. The highest BCUT2D eigenvalue weighted by Crippen LogP contribution is 2.25. The van der Waals surface area contributed by atoms with Crippen LogP contribution in [0.1, 0.15) is 31.1 Å². The molecule has 0 aliphatic heterocycles. The Hall–Kier alpha value is -2.22. The number of carbonyl (C=O) groups is 1. The molecule has 0 saturated heterocycles. The van der Waals surface area contributed by atoms with E-state index in [4.69, 9.17) is 5.84 Å². The molecule has 0 bridgehead atoms. The molecule has 1 rings (SSSR count). The summed E-state index contributed by atoms with van der Waals surface area (Å²) >= 11 is 0. The third-order valence-electron chi connectivity index (χ3n) is 3.40. The molecule has 0 heterocycles. The number of rotatable bonds is 6. The minimum absolute atomic E-state index is 0.178. The molecule has 0 radical (unpaired) electrons. The highest BCUT2D eigenvalue weighted by Gasteiger charge is 2.24. The second-order valence-electron chi connectivity index (χ2n) is 5.18. The maximum absolute atomic E-state index is 13.5.